The van der Waals surface area contributed by atoms with Gasteiger partial charge in [-0.25, -0.2) is 14.0 Å². The molecule has 146 valence electrons. The molecule has 2 aliphatic rings. The summed E-state index contributed by atoms with van der Waals surface area (Å²) in [5.41, 5.74) is 1.61. The van der Waals surface area contributed by atoms with E-state index in [1.54, 1.807) is 17.0 Å². The summed E-state index contributed by atoms with van der Waals surface area (Å²) in [4.78, 5) is 29.4. The van der Waals surface area contributed by atoms with Crippen LogP contribution in [0.25, 0.3) is 0 Å². The van der Waals surface area contributed by atoms with Gasteiger partial charge < -0.3 is 20.1 Å². The van der Waals surface area contributed by atoms with Gasteiger partial charge in [0.15, 0.2) is 0 Å². The molecule has 28 heavy (non-hydrogen) atoms. The van der Waals surface area contributed by atoms with Gasteiger partial charge in [0.05, 0.1) is 24.5 Å². The molecule has 2 N–H and O–H groups in total. The molecule has 2 saturated heterocycles. The molecule has 3 heterocycles. The number of anilines is 2. The largest absolute Gasteiger partial charge is 0.488 e. The molecule has 2 atom stereocenters. The number of carbonyl (C=O) groups excluding carboxylic acids is 2. The van der Waals surface area contributed by atoms with Crippen LogP contribution in [0.2, 0.25) is 0 Å². The van der Waals surface area contributed by atoms with Gasteiger partial charge in [0.25, 0.3) is 0 Å². The van der Waals surface area contributed by atoms with Crippen LogP contribution < -0.4 is 15.4 Å². The molecule has 0 saturated carbocycles. The van der Waals surface area contributed by atoms with Crippen LogP contribution in [0.3, 0.4) is 0 Å². The normalized spacial score (nSPS) is 20.5. The van der Waals surface area contributed by atoms with Gasteiger partial charge in [-0.05, 0) is 25.1 Å². The number of hydrogen-bond donors (Lipinski definition) is 2. The number of rotatable bonds is 4. The highest BCUT2D eigenvalue weighted by Crippen LogP contribution is 2.29. The van der Waals surface area contributed by atoms with Crippen molar-refractivity contribution in [3.05, 3.63) is 48.0 Å². The third-order valence-corrected chi connectivity index (χ3v) is 4.61. The Bertz CT molecular complexity index is 905. The van der Waals surface area contributed by atoms with Crippen molar-refractivity contribution in [3.8, 4) is 5.75 Å². The van der Waals surface area contributed by atoms with Crippen molar-refractivity contribution in [2.45, 2.75) is 25.5 Å². The summed E-state index contributed by atoms with van der Waals surface area (Å²) in [5, 5.41) is 5.20. The third kappa shape index (κ3) is 3.98. The molecule has 3 amide bonds. The lowest BCUT2D eigenvalue weighted by Crippen LogP contribution is -2.29. The molecule has 2 aliphatic heterocycles. The summed E-state index contributed by atoms with van der Waals surface area (Å²) < 4.78 is 24.8. The van der Waals surface area contributed by atoms with Gasteiger partial charge in [-0.2, -0.15) is 0 Å². The van der Waals surface area contributed by atoms with E-state index in [9.17, 15) is 14.0 Å². The first-order valence-electron chi connectivity index (χ1n) is 8.87. The van der Waals surface area contributed by atoms with Crippen LogP contribution in [0.5, 0.6) is 5.75 Å². The Balaban J connectivity index is 1.39. The highest BCUT2D eigenvalue weighted by atomic mass is 19.1. The number of cyclic esters (lactones) is 1. The molecule has 4 rings (SSSR count). The Morgan fingerprint density at radius 1 is 1.29 bits per heavy atom. The molecule has 9 heteroatoms. The van der Waals surface area contributed by atoms with Gasteiger partial charge in [0.2, 0.25) is 0 Å². The van der Waals surface area contributed by atoms with Gasteiger partial charge >= 0.3 is 12.1 Å². The zero-order valence-electron chi connectivity index (χ0n) is 15.1. The molecule has 0 aliphatic carbocycles. The number of urea groups is 1. The Morgan fingerprint density at radius 2 is 2.11 bits per heavy atom. The number of halogens is 1. The van der Waals surface area contributed by atoms with E-state index in [4.69, 9.17) is 9.47 Å². The van der Waals surface area contributed by atoms with Gasteiger partial charge in [0, 0.05) is 29.9 Å². The fourth-order valence-electron chi connectivity index (χ4n) is 3.32. The monoisotopic (exact) mass is 386 g/mol. The average molecular weight is 386 g/mol. The number of ether oxygens (including phenoxy) is 2. The maximum atomic E-state index is 14.0. The third-order valence-electron chi connectivity index (χ3n) is 4.61. The van der Waals surface area contributed by atoms with E-state index in [1.165, 1.54) is 24.4 Å². The van der Waals surface area contributed by atoms with E-state index in [1.807, 2.05) is 6.92 Å². The minimum Gasteiger partial charge on any atom is -0.488 e. The van der Waals surface area contributed by atoms with E-state index >= 15 is 0 Å². The summed E-state index contributed by atoms with van der Waals surface area (Å²) in [6.45, 7) is 2.59. The summed E-state index contributed by atoms with van der Waals surface area (Å²) in [6.07, 6.45) is 1.55. The predicted molar refractivity (Wildman–Crippen MR) is 98.9 cm³/mol. The lowest BCUT2D eigenvalue weighted by atomic mass is 10.2. The number of aryl methyl sites for hydroxylation is 1. The Labute approximate surface area is 160 Å². The summed E-state index contributed by atoms with van der Waals surface area (Å²) in [7, 11) is 0. The number of nitrogens with one attached hydrogen (secondary N) is 2. The number of hydrogen-bond acceptors (Lipinski definition) is 5. The van der Waals surface area contributed by atoms with Crippen molar-refractivity contribution in [2.75, 3.05) is 23.8 Å². The van der Waals surface area contributed by atoms with Crippen molar-refractivity contribution in [3.63, 3.8) is 0 Å². The molecular weight excluding hydrogens is 367 g/mol. The first-order chi connectivity index (χ1) is 13.5. The van der Waals surface area contributed by atoms with Crippen molar-refractivity contribution >= 4 is 23.5 Å². The molecule has 8 nitrogen and oxygen atoms in total. The molecule has 0 spiro atoms. The number of pyridine rings is 1. The van der Waals surface area contributed by atoms with Crippen LogP contribution in [-0.2, 0) is 4.74 Å². The van der Waals surface area contributed by atoms with Crippen LogP contribution in [0.1, 0.15) is 12.1 Å². The zero-order valence-corrected chi connectivity index (χ0v) is 15.1. The smallest absolute Gasteiger partial charge is 0.410 e. The van der Waals surface area contributed by atoms with Crippen LogP contribution >= 0.6 is 0 Å². The SMILES string of the molecule is Cc1ccc(NC(=O)Nc2cc(F)cc(O[C@H]3CC4COC(=O)N4C3)c2)cn1. The fraction of sp³-hybridized carbons (Fsp3) is 0.316. The number of aromatic nitrogens is 1. The van der Waals surface area contributed by atoms with Gasteiger partial charge in [-0.3, -0.25) is 9.88 Å². The molecule has 1 aromatic heterocycles. The lowest BCUT2D eigenvalue weighted by Gasteiger charge is -2.16. The molecule has 2 aromatic rings. The van der Waals surface area contributed by atoms with Gasteiger partial charge in [-0.15, -0.1) is 0 Å². The average Bonchev–Trinajstić information content (AvgIpc) is 3.18. The number of carbonyl (C=O) groups is 2. The molecule has 2 fully saturated rings. The fourth-order valence-corrected chi connectivity index (χ4v) is 3.32. The molecular formula is C19H19FN4O4. The van der Waals surface area contributed by atoms with E-state index < -0.39 is 11.8 Å². The minimum atomic E-state index is -0.539. The molecule has 0 radical (unpaired) electrons. The molecule has 1 unspecified atom stereocenters. The standard InChI is InChI=1S/C19H19FN4O4/c1-11-2-3-13(8-21-11)22-18(25)23-14-4-12(20)5-16(6-14)28-17-7-15-10-27-19(26)24(15)9-17/h2-6,8,15,17H,7,9-10H2,1H3,(H2,22,23,25)/t15?,17-/m0/s1. The zero-order chi connectivity index (χ0) is 19.7. The van der Waals surface area contributed by atoms with E-state index in [-0.39, 0.29) is 29.7 Å². The molecule has 0 bridgehead atoms. The Hall–Kier alpha value is -3.36. The van der Waals surface area contributed by atoms with Crippen LogP contribution in [0.15, 0.2) is 36.5 Å². The van der Waals surface area contributed by atoms with Crippen LogP contribution in [-0.4, -0.2) is 47.3 Å². The summed E-state index contributed by atoms with van der Waals surface area (Å²) in [5.74, 6) is -0.255. The van der Waals surface area contributed by atoms with Gasteiger partial charge in [0.1, 0.15) is 24.3 Å². The van der Waals surface area contributed by atoms with Gasteiger partial charge in [-0.1, -0.05) is 0 Å². The second kappa shape index (κ2) is 7.34. The Kier molecular flexibility index (Phi) is 4.72. The highest BCUT2D eigenvalue weighted by molar-refractivity contribution is 5.99. The quantitative estimate of drug-likeness (QED) is 0.842. The van der Waals surface area contributed by atoms with Crippen molar-refractivity contribution in [2.24, 2.45) is 0 Å². The van der Waals surface area contributed by atoms with E-state index in [0.717, 1.165) is 5.69 Å². The highest BCUT2D eigenvalue weighted by Gasteiger charge is 2.42. The summed E-state index contributed by atoms with van der Waals surface area (Å²) >= 11 is 0. The maximum absolute atomic E-state index is 14.0. The summed E-state index contributed by atoms with van der Waals surface area (Å²) in [6, 6.07) is 6.95. The topological polar surface area (TPSA) is 92.8 Å². The van der Waals surface area contributed by atoms with Crippen LogP contribution in [0.4, 0.5) is 25.4 Å². The van der Waals surface area contributed by atoms with Crippen molar-refractivity contribution < 1.29 is 23.5 Å². The van der Waals surface area contributed by atoms with E-state index in [0.29, 0.717) is 25.3 Å². The maximum Gasteiger partial charge on any atom is 0.410 e. The second-order valence-electron chi connectivity index (χ2n) is 6.80. The number of amides is 3. The number of nitrogens with zero attached hydrogens (tertiary/aromatic N) is 2. The van der Waals surface area contributed by atoms with E-state index in [2.05, 4.69) is 15.6 Å². The first kappa shape index (κ1) is 18.0. The van der Waals surface area contributed by atoms with Crippen molar-refractivity contribution in [1.82, 2.24) is 9.88 Å². The molecule has 1 aromatic carbocycles. The van der Waals surface area contributed by atoms with Crippen LogP contribution in [0, 0.1) is 12.7 Å². The Morgan fingerprint density at radius 3 is 2.86 bits per heavy atom. The first-order valence-corrected chi connectivity index (χ1v) is 8.87. The number of benzene rings is 1. The second-order valence-corrected chi connectivity index (χ2v) is 6.80. The lowest BCUT2D eigenvalue weighted by molar-refractivity contribution is 0.143. The minimum absolute atomic E-state index is 0.00227. The predicted octanol–water partition coefficient (Wildman–Crippen LogP) is 3.15. The van der Waals surface area contributed by atoms with Crippen molar-refractivity contribution in [1.29, 1.82) is 0 Å². The number of fused-ring (bicyclic) bond motifs is 1.